The van der Waals surface area contributed by atoms with E-state index in [9.17, 15) is 10.0 Å². The molecular formula is C29H35BO2S. The van der Waals surface area contributed by atoms with E-state index in [1.54, 1.807) is 12.3 Å². The van der Waals surface area contributed by atoms with E-state index >= 15 is 0 Å². The van der Waals surface area contributed by atoms with Crippen LogP contribution in [0.3, 0.4) is 0 Å². The van der Waals surface area contributed by atoms with Crippen LogP contribution in [-0.2, 0) is 6.42 Å². The normalized spacial score (nSPS) is 11.6. The Bertz CT molecular complexity index is 1210. The molecule has 0 unspecified atom stereocenters. The summed E-state index contributed by atoms with van der Waals surface area (Å²) in [7, 11) is -1.41. The second-order valence-corrected chi connectivity index (χ2v) is 7.19. The van der Waals surface area contributed by atoms with E-state index in [-0.39, 0.29) is 0 Å². The number of aryl methyl sites for hydroxylation is 1. The highest BCUT2D eigenvalue weighted by Gasteiger charge is 2.18. The van der Waals surface area contributed by atoms with Crippen LogP contribution in [0.5, 0.6) is 0 Å². The van der Waals surface area contributed by atoms with Gasteiger partial charge in [0.1, 0.15) is 0 Å². The molecule has 0 aromatic heterocycles. The van der Waals surface area contributed by atoms with Gasteiger partial charge in [0.2, 0.25) is 0 Å². The van der Waals surface area contributed by atoms with Crippen LogP contribution in [0, 0.1) is 0 Å². The van der Waals surface area contributed by atoms with Crippen molar-refractivity contribution in [2.24, 2.45) is 0 Å². The second-order valence-electron chi connectivity index (χ2n) is 7.19. The van der Waals surface area contributed by atoms with Crippen molar-refractivity contribution >= 4 is 58.4 Å². The summed E-state index contributed by atoms with van der Waals surface area (Å²) < 4.78 is 0. The lowest BCUT2D eigenvalue weighted by Crippen LogP contribution is -2.30. The van der Waals surface area contributed by atoms with E-state index < -0.39 is 7.12 Å². The molecule has 0 fully saturated rings. The van der Waals surface area contributed by atoms with Gasteiger partial charge >= 0.3 is 7.12 Å². The zero-order valence-corrected chi connectivity index (χ0v) is 21.2. The minimum absolute atomic E-state index is 0.557. The molecule has 5 rings (SSSR count). The maximum absolute atomic E-state index is 9.41. The predicted molar refractivity (Wildman–Crippen MR) is 152 cm³/mol. The molecule has 0 saturated carbocycles. The fourth-order valence-electron chi connectivity index (χ4n) is 4.21. The molecule has 0 saturated heterocycles. The number of hydrogen-bond acceptors (Lipinski definition) is 3. The molecule has 1 aliphatic rings. The van der Waals surface area contributed by atoms with Crippen LogP contribution < -0.4 is 5.46 Å². The van der Waals surface area contributed by atoms with Crippen LogP contribution in [0.2, 0.25) is 0 Å². The van der Waals surface area contributed by atoms with Crippen LogP contribution in [0.4, 0.5) is 0 Å². The zero-order valence-electron chi connectivity index (χ0n) is 20.3. The van der Waals surface area contributed by atoms with Gasteiger partial charge in [-0.05, 0) is 74.4 Å². The van der Waals surface area contributed by atoms with Crippen molar-refractivity contribution < 1.29 is 10.0 Å². The van der Waals surface area contributed by atoms with Crippen LogP contribution in [-0.4, -0.2) is 23.4 Å². The van der Waals surface area contributed by atoms with Crippen molar-refractivity contribution in [1.29, 1.82) is 0 Å². The third-order valence-corrected chi connectivity index (χ3v) is 5.57. The van der Waals surface area contributed by atoms with Crippen molar-refractivity contribution in [3.63, 3.8) is 0 Å². The first-order valence-electron chi connectivity index (χ1n) is 11.8. The Kier molecular flexibility index (Phi) is 10.7. The highest BCUT2D eigenvalue weighted by molar-refractivity contribution is 7.79. The summed E-state index contributed by atoms with van der Waals surface area (Å²) in [6.45, 7) is 8.00. The van der Waals surface area contributed by atoms with Crippen LogP contribution in [0.1, 0.15) is 50.8 Å². The molecule has 0 spiro atoms. The first-order valence-corrected chi connectivity index (χ1v) is 12.7. The Morgan fingerprint density at radius 1 is 0.697 bits per heavy atom. The molecule has 0 heterocycles. The topological polar surface area (TPSA) is 40.5 Å². The molecule has 33 heavy (non-hydrogen) atoms. The Balaban J connectivity index is 0.000000597. The summed E-state index contributed by atoms with van der Waals surface area (Å²) in [4.78, 5) is 0. The molecule has 0 radical (unpaired) electrons. The van der Waals surface area contributed by atoms with Crippen LogP contribution in [0.15, 0.2) is 72.8 Å². The van der Waals surface area contributed by atoms with E-state index in [1.165, 1.54) is 38.2 Å². The fourth-order valence-corrected chi connectivity index (χ4v) is 4.21. The van der Waals surface area contributed by atoms with Gasteiger partial charge in [-0.2, -0.15) is 12.6 Å². The van der Waals surface area contributed by atoms with Gasteiger partial charge in [0.15, 0.2) is 0 Å². The van der Waals surface area contributed by atoms with Gasteiger partial charge in [0.25, 0.3) is 0 Å². The molecule has 0 bridgehead atoms. The summed E-state index contributed by atoms with van der Waals surface area (Å²) in [5.74, 6) is 0. The Hall–Kier alpha value is -2.53. The SMILES string of the molecule is CC.CC.CS.OB(O)c1ccc2c(c1)CCC(c1cc3ccccc3c3ccccc13)=C2. The van der Waals surface area contributed by atoms with Crippen LogP contribution >= 0.6 is 12.6 Å². The van der Waals surface area contributed by atoms with E-state index in [0.29, 0.717) is 5.46 Å². The highest BCUT2D eigenvalue weighted by atomic mass is 32.1. The highest BCUT2D eigenvalue weighted by Crippen LogP contribution is 2.37. The second kappa shape index (κ2) is 13.2. The maximum Gasteiger partial charge on any atom is 0.488 e. The van der Waals surface area contributed by atoms with Crippen LogP contribution in [0.25, 0.3) is 33.2 Å². The molecule has 172 valence electrons. The van der Waals surface area contributed by atoms with E-state index in [2.05, 4.69) is 73.3 Å². The molecule has 4 aromatic carbocycles. The fraction of sp³-hybridized carbons (Fsp3) is 0.241. The molecule has 4 aromatic rings. The van der Waals surface area contributed by atoms with Gasteiger partial charge in [-0.25, -0.2) is 0 Å². The van der Waals surface area contributed by atoms with Crippen molar-refractivity contribution in [1.82, 2.24) is 0 Å². The summed E-state index contributed by atoms with van der Waals surface area (Å²) in [6, 6.07) is 25.2. The third kappa shape index (κ3) is 5.89. The molecular weight excluding hydrogens is 423 g/mol. The molecule has 0 amide bonds. The van der Waals surface area contributed by atoms with E-state index in [4.69, 9.17) is 0 Å². The average Bonchev–Trinajstić information content (AvgIpc) is 2.91. The quantitative estimate of drug-likeness (QED) is 0.177. The molecule has 2 N–H and O–H groups in total. The van der Waals surface area contributed by atoms with Crippen molar-refractivity contribution in [2.45, 2.75) is 40.5 Å². The lowest BCUT2D eigenvalue weighted by molar-refractivity contribution is 0.425. The van der Waals surface area contributed by atoms with Crippen molar-refractivity contribution in [2.75, 3.05) is 6.26 Å². The lowest BCUT2D eigenvalue weighted by atomic mass is 9.77. The standard InChI is InChI=1S/C24H19BO2.2C2H6.CH4S/c26-25(27)20-12-11-16-13-19(10-9-17(16)14-20)24-15-18-5-1-2-6-21(18)22-7-3-4-8-23(22)24;3*1-2/h1-8,11-15,26-27H,9-10H2;2*1-2H3;2H,1H3. The van der Waals surface area contributed by atoms with Gasteiger partial charge in [0.05, 0.1) is 0 Å². The van der Waals surface area contributed by atoms with E-state index in [0.717, 1.165) is 18.4 Å². The summed E-state index contributed by atoms with van der Waals surface area (Å²) in [5, 5.41) is 24.0. The first kappa shape index (κ1) is 26.7. The number of thiol groups is 1. The first-order chi connectivity index (χ1) is 16.2. The largest absolute Gasteiger partial charge is 0.488 e. The van der Waals surface area contributed by atoms with Crippen molar-refractivity contribution in [3.8, 4) is 0 Å². The Morgan fingerprint density at radius 2 is 1.30 bits per heavy atom. The number of allylic oxidation sites excluding steroid dienone is 1. The third-order valence-electron chi connectivity index (χ3n) is 5.57. The van der Waals surface area contributed by atoms with E-state index in [1.807, 2.05) is 39.8 Å². The van der Waals surface area contributed by atoms with Gasteiger partial charge in [-0.3, -0.25) is 0 Å². The minimum Gasteiger partial charge on any atom is -0.423 e. The maximum atomic E-state index is 9.41. The minimum atomic E-state index is -1.41. The molecule has 4 heteroatoms. The molecule has 2 nitrogen and oxygen atoms in total. The van der Waals surface area contributed by atoms with Gasteiger partial charge in [-0.15, -0.1) is 0 Å². The lowest BCUT2D eigenvalue weighted by Gasteiger charge is -2.20. The summed E-state index contributed by atoms with van der Waals surface area (Å²) >= 11 is 3.53. The molecule has 0 aliphatic heterocycles. The number of fused-ring (bicyclic) bond motifs is 4. The monoisotopic (exact) mass is 458 g/mol. The van der Waals surface area contributed by atoms with Gasteiger partial charge < -0.3 is 10.0 Å². The molecule has 1 aliphatic carbocycles. The van der Waals surface area contributed by atoms with Crippen molar-refractivity contribution in [3.05, 3.63) is 89.5 Å². The number of rotatable bonds is 2. The average molecular weight is 458 g/mol. The molecule has 0 atom stereocenters. The number of benzene rings is 4. The number of hydrogen-bond donors (Lipinski definition) is 3. The summed E-state index contributed by atoms with van der Waals surface area (Å²) in [6.07, 6.45) is 5.80. The van der Waals surface area contributed by atoms with Gasteiger partial charge in [-0.1, -0.05) is 101 Å². The zero-order chi connectivity index (χ0) is 24.4. The smallest absolute Gasteiger partial charge is 0.423 e. The predicted octanol–water partition coefficient (Wildman–Crippen LogP) is 6.76. The Morgan fingerprint density at radius 3 is 1.97 bits per heavy atom. The van der Waals surface area contributed by atoms with Gasteiger partial charge in [0, 0.05) is 0 Å². The Labute approximate surface area is 204 Å². The summed E-state index contributed by atoms with van der Waals surface area (Å²) in [5.41, 5.74) is 5.53.